The molecule has 0 aliphatic heterocycles. The maximum absolute atomic E-state index is 11.9. The van der Waals surface area contributed by atoms with Crippen molar-refractivity contribution in [3.05, 3.63) is 63.7 Å². The van der Waals surface area contributed by atoms with Crippen LogP contribution in [0.15, 0.2) is 42.5 Å². The molecule has 1 N–H and O–H groups in total. The van der Waals surface area contributed by atoms with Crippen LogP contribution >= 0.6 is 0 Å². The van der Waals surface area contributed by atoms with Gasteiger partial charge in [0.05, 0.1) is 4.92 Å². The molecule has 0 saturated carbocycles. The minimum Gasteiger partial charge on any atom is -0.484 e. The van der Waals surface area contributed by atoms with Crippen molar-refractivity contribution in [2.24, 2.45) is 0 Å². The lowest BCUT2D eigenvalue weighted by Gasteiger charge is -2.09. The van der Waals surface area contributed by atoms with Crippen molar-refractivity contribution in [2.45, 2.75) is 13.8 Å². The molecule has 2 aromatic carbocycles. The van der Waals surface area contributed by atoms with Gasteiger partial charge in [0.25, 0.3) is 11.6 Å². The molecule has 0 saturated heterocycles. The number of nitro benzene ring substituents is 1. The van der Waals surface area contributed by atoms with E-state index in [1.54, 1.807) is 19.1 Å². The van der Waals surface area contributed by atoms with E-state index in [1.165, 1.54) is 18.2 Å². The highest BCUT2D eigenvalue weighted by Gasteiger charge is 2.10. The lowest BCUT2D eigenvalue weighted by atomic mass is 10.2. The third kappa shape index (κ3) is 4.05. The van der Waals surface area contributed by atoms with E-state index in [1.807, 2.05) is 19.1 Å². The van der Waals surface area contributed by atoms with Crippen molar-refractivity contribution >= 4 is 17.3 Å². The minimum atomic E-state index is -0.473. The Balaban J connectivity index is 1.94. The van der Waals surface area contributed by atoms with Crippen LogP contribution in [0.2, 0.25) is 0 Å². The van der Waals surface area contributed by atoms with E-state index in [-0.39, 0.29) is 18.2 Å². The number of hydrogen-bond acceptors (Lipinski definition) is 4. The molecule has 0 atom stereocenters. The van der Waals surface area contributed by atoms with E-state index in [4.69, 9.17) is 4.74 Å². The fourth-order valence-corrected chi connectivity index (χ4v) is 1.87. The lowest BCUT2D eigenvalue weighted by Crippen LogP contribution is -2.20. The second-order valence-corrected chi connectivity index (χ2v) is 4.91. The van der Waals surface area contributed by atoms with Gasteiger partial charge in [0, 0.05) is 17.8 Å². The van der Waals surface area contributed by atoms with E-state index in [0.29, 0.717) is 17.0 Å². The molecule has 0 aliphatic rings. The summed E-state index contributed by atoms with van der Waals surface area (Å²) in [6.07, 6.45) is 0. The average Bonchev–Trinajstić information content (AvgIpc) is 2.48. The molecule has 0 fully saturated rings. The van der Waals surface area contributed by atoms with Crippen LogP contribution in [-0.2, 0) is 4.79 Å². The van der Waals surface area contributed by atoms with Gasteiger partial charge in [0.2, 0.25) is 0 Å². The molecule has 1 amide bonds. The number of nitro groups is 1. The monoisotopic (exact) mass is 300 g/mol. The molecule has 2 aromatic rings. The molecule has 2 rings (SSSR count). The number of benzene rings is 2. The Kier molecular flexibility index (Phi) is 4.73. The molecule has 0 spiro atoms. The third-order valence-corrected chi connectivity index (χ3v) is 3.09. The minimum absolute atomic E-state index is 0.00796. The van der Waals surface area contributed by atoms with E-state index >= 15 is 0 Å². The summed E-state index contributed by atoms with van der Waals surface area (Å²) in [6.45, 7) is 3.54. The Morgan fingerprint density at radius 1 is 1.18 bits per heavy atom. The van der Waals surface area contributed by atoms with E-state index in [2.05, 4.69) is 5.32 Å². The van der Waals surface area contributed by atoms with Crippen LogP contribution in [0.5, 0.6) is 5.75 Å². The summed E-state index contributed by atoms with van der Waals surface area (Å²) >= 11 is 0. The number of hydrogen-bond donors (Lipinski definition) is 1. The molecule has 0 heterocycles. The highest BCUT2D eigenvalue weighted by Crippen LogP contribution is 2.21. The van der Waals surface area contributed by atoms with Gasteiger partial charge in [-0.15, -0.1) is 0 Å². The maximum Gasteiger partial charge on any atom is 0.269 e. The van der Waals surface area contributed by atoms with Crippen molar-refractivity contribution in [3.63, 3.8) is 0 Å². The highest BCUT2D eigenvalue weighted by atomic mass is 16.6. The summed E-state index contributed by atoms with van der Waals surface area (Å²) in [5.74, 6) is 0.290. The molecule has 6 heteroatoms. The Hall–Kier alpha value is -2.89. The summed E-state index contributed by atoms with van der Waals surface area (Å²) in [6, 6.07) is 11.7. The number of anilines is 1. The number of nitrogens with zero attached hydrogens (tertiary/aromatic N) is 1. The van der Waals surface area contributed by atoms with Crippen LogP contribution in [0, 0.1) is 24.0 Å². The number of aryl methyl sites for hydroxylation is 2. The van der Waals surface area contributed by atoms with Crippen LogP contribution < -0.4 is 10.1 Å². The van der Waals surface area contributed by atoms with Gasteiger partial charge in [-0.05, 0) is 37.6 Å². The van der Waals surface area contributed by atoms with Crippen LogP contribution in [0.3, 0.4) is 0 Å². The lowest BCUT2D eigenvalue weighted by molar-refractivity contribution is -0.384. The second kappa shape index (κ2) is 6.71. The number of non-ortho nitro benzene ring substituents is 1. The Morgan fingerprint density at radius 2 is 1.86 bits per heavy atom. The Morgan fingerprint density at radius 3 is 2.45 bits per heavy atom. The summed E-state index contributed by atoms with van der Waals surface area (Å²) in [4.78, 5) is 22.0. The largest absolute Gasteiger partial charge is 0.484 e. The van der Waals surface area contributed by atoms with Crippen LogP contribution in [-0.4, -0.2) is 17.4 Å². The molecule has 6 nitrogen and oxygen atoms in total. The van der Waals surface area contributed by atoms with Crippen LogP contribution in [0.25, 0.3) is 0 Å². The van der Waals surface area contributed by atoms with Gasteiger partial charge in [-0.2, -0.15) is 0 Å². The van der Waals surface area contributed by atoms with Gasteiger partial charge in [-0.3, -0.25) is 14.9 Å². The molecule has 0 aromatic heterocycles. The van der Waals surface area contributed by atoms with E-state index < -0.39 is 4.92 Å². The predicted molar refractivity (Wildman–Crippen MR) is 83.1 cm³/mol. The van der Waals surface area contributed by atoms with E-state index in [9.17, 15) is 14.9 Å². The number of nitrogens with one attached hydrogen (secondary N) is 1. The van der Waals surface area contributed by atoms with Gasteiger partial charge in [0.1, 0.15) is 5.75 Å². The molecule has 22 heavy (non-hydrogen) atoms. The molecule has 0 bridgehead atoms. The van der Waals surface area contributed by atoms with Crippen molar-refractivity contribution < 1.29 is 14.5 Å². The SMILES string of the molecule is Cc1ccc(OCC(=O)Nc2ccc([N+](=O)[O-])cc2C)cc1. The number of amides is 1. The van der Waals surface area contributed by atoms with Gasteiger partial charge < -0.3 is 10.1 Å². The first-order valence-corrected chi connectivity index (χ1v) is 6.70. The quantitative estimate of drug-likeness (QED) is 0.679. The summed E-state index contributed by atoms with van der Waals surface area (Å²) in [5.41, 5.74) is 2.26. The highest BCUT2D eigenvalue weighted by molar-refractivity contribution is 5.92. The first kappa shape index (κ1) is 15.5. The normalized spacial score (nSPS) is 10.1. The molecular formula is C16H16N2O4. The number of carbonyl (C=O) groups excluding carboxylic acids is 1. The first-order valence-electron chi connectivity index (χ1n) is 6.70. The maximum atomic E-state index is 11.9. The number of carbonyl (C=O) groups is 1. The van der Waals surface area contributed by atoms with Gasteiger partial charge in [0.15, 0.2) is 6.61 Å². The van der Waals surface area contributed by atoms with Gasteiger partial charge >= 0.3 is 0 Å². The number of ether oxygens (including phenoxy) is 1. The fourth-order valence-electron chi connectivity index (χ4n) is 1.87. The zero-order valence-electron chi connectivity index (χ0n) is 12.3. The molecule has 114 valence electrons. The summed E-state index contributed by atoms with van der Waals surface area (Å²) < 4.78 is 5.38. The van der Waals surface area contributed by atoms with Crippen LogP contribution in [0.1, 0.15) is 11.1 Å². The number of rotatable bonds is 5. The Labute approximate surface area is 127 Å². The van der Waals surface area contributed by atoms with Crippen molar-refractivity contribution in [2.75, 3.05) is 11.9 Å². The predicted octanol–water partition coefficient (Wildman–Crippen LogP) is 3.23. The molecular weight excluding hydrogens is 284 g/mol. The summed E-state index contributed by atoms with van der Waals surface area (Å²) in [5, 5.41) is 13.3. The van der Waals surface area contributed by atoms with Gasteiger partial charge in [-0.1, -0.05) is 17.7 Å². The second-order valence-electron chi connectivity index (χ2n) is 4.91. The first-order chi connectivity index (χ1) is 10.5. The zero-order valence-corrected chi connectivity index (χ0v) is 12.3. The average molecular weight is 300 g/mol. The smallest absolute Gasteiger partial charge is 0.269 e. The fraction of sp³-hybridized carbons (Fsp3) is 0.188. The molecule has 0 unspecified atom stereocenters. The zero-order chi connectivity index (χ0) is 16.1. The van der Waals surface area contributed by atoms with Crippen molar-refractivity contribution in [1.29, 1.82) is 0 Å². The van der Waals surface area contributed by atoms with Crippen molar-refractivity contribution in [1.82, 2.24) is 0 Å². The third-order valence-electron chi connectivity index (χ3n) is 3.09. The van der Waals surface area contributed by atoms with Crippen molar-refractivity contribution in [3.8, 4) is 5.75 Å². The van der Waals surface area contributed by atoms with Gasteiger partial charge in [-0.25, -0.2) is 0 Å². The van der Waals surface area contributed by atoms with E-state index in [0.717, 1.165) is 5.56 Å². The Bertz CT molecular complexity index is 696. The summed E-state index contributed by atoms with van der Waals surface area (Å²) in [7, 11) is 0. The van der Waals surface area contributed by atoms with Crippen LogP contribution in [0.4, 0.5) is 11.4 Å². The topological polar surface area (TPSA) is 81.5 Å². The molecule has 0 radical (unpaired) electrons. The molecule has 0 aliphatic carbocycles. The standard InChI is InChI=1S/C16H16N2O4/c1-11-3-6-14(7-4-11)22-10-16(19)17-15-8-5-13(18(20)21)9-12(15)2/h3-9H,10H2,1-2H3,(H,17,19).